The van der Waals surface area contributed by atoms with Gasteiger partial charge < -0.3 is 15.4 Å². The zero-order chi connectivity index (χ0) is 8.97. The van der Waals surface area contributed by atoms with Crippen LogP contribution in [-0.4, -0.2) is 35.8 Å². The molecule has 1 saturated heterocycles. The van der Waals surface area contributed by atoms with Crippen molar-refractivity contribution in [2.45, 2.75) is 25.9 Å². The summed E-state index contributed by atoms with van der Waals surface area (Å²) in [6.45, 7) is 4.72. The Morgan fingerprint density at radius 2 is 2.17 bits per heavy atom. The van der Waals surface area contributed by atoms with E-state index in [0.717, 1.165) is 32.5 Å². The third kappa shape index (κ3) is 2.60. The number of likely N-dealkylation sites (tertiary alicyclic amines) is 1. The summed E-state index contributed by atoms with van der Waals surface area (Å²) >= 11 is 4.88. The number of nitrogens with two attached hydrogens (primary N) is 1. The van der Waals surface area contributed by atoms with Gasteiger partial charge in [-0.05, 0) is 32.0 Å². The number of hydrogen-bond donors (Lipinski definition) is 1. The standard InChI is InChI=1S/C8H16N2OS/c1-2-11-7-3-5-10(6-4-7)8(9)12/h7H,2-6H2,1H3,(H2,9,12). The molecule has 0 unspecified atom stereocenters. The van der Waals surface area contributed by atoms with E-state index in [2.05, 4.69) is 0 Å². The van der Waals surface area contributed by atoms with Gasteiger partial charge in [-0.15, -0.1) is 0 Å². The van der Waals surface area contributed by atoms with Crippen LogP contribution < -0.4 is 5.73 Å². The summed E-state index contributed by atoms with van der Waals surface area (Å²) in [5, 5.41) is 0.518. The van der Waals surface area contributed by atoms with Crippen molar-refractivity contribution in [1.29, 1.82) is 0 Å². The van der Waals surface area contributed by atoms with Gasteiger partial charge in [-0.1, -0.05) is 0 Å². The second-order valence-corrected chi connectivity index (χ2v) is 3.40. The molecule has 12 heavy (non-hydrogen) atoms. The fourth-order valence-corrected chi connectivity index (χ4v) is 1.66. The van der Waals surface area contributed by atoms with Crippen molar-refractivity contribution in [3.05, 3.63) is 0 Å². The van der Waals surface area contributed by atoms with Crippen LogP contribution in [-0.2, 0) is 4.74 Å². The molecule has 0 amide bonds. The topological polar surface area (TPSA) is 38.5 Å². The maximum atomic E-state index is 5.50. The van der Waals surface area contributed by atoms with Crippen LogP contribution in [0.2, 0.25) is 0 Å². The Kier molecular flexibility index (Phi) is 3.75. The summed E-state index contributed by atoms with van der Waals surface area (Å²) in [5.74, 6) is 0. The summed E-state index contributed by atoms with van der Waals surface area (Å²) in [6.07, 6.45) is 2.51. The van der Waals surface area contributed by atoms with Gasteiger partial charge in [-0.2, -0.15) is 0 Å². The minimum atomic E-state index is 0.417. The molecule has 2 N–H and O–H groups in total. The number of thiocarbonyl (C=S) groups is 1. The first-order valence-electron chi connectivity index (χ1n) is 4.40. The molecule has 1 aliphatic rings. The molecular formula is C8H16N2OS. The predicted molar refractivity (Wildman–Crippen MR) is 53.0 cm³/mol. The van der Waals surface area contributed by atoms with Gasteiger partial charge in [0.15, 0.2) is 5.11 Å². The fraction of sp³-hybridized carbons (Fsp3) is 0.875. The minimum Gasteiger partial charge on any atom is -0.378 e. The molecule has 0 aromatic carbocycles. The highest BCUT2D eigenvalue weighted by molar-refractivity contribution is 7.80. The highest BCUT2D eigenvalue weighted by Crippen LogP contribution is 2.12. The average molecular weight is 188 g/mol. The van der Waals surface area contributed by atoms with E-state index in [4.69, 9.17) is 22.7 Å². The van der Waals surface area contributed by atoms with Crippen molar-refractivity contribution < 1.29 is 4.74 Å². The Labute approximate surface area is 78.9 Å². The lowest BCUT2D eigenvalue weighted by atomic mass is 10.1. The van der Waals surface area contributed by atoms with E-state index >= 15 is 0 Å². The quantitative estimate of drug-likeness (QED) is 0.648. The van der Waals surface area contributed by atoms with Gasteiger partial charge in [0.05, 0.1) is 6.10 Å². The average Bonchev–Trinajstić information content (AvgIpc) is 2.06. The molecule has 0 atom stereocenters. The molecule has 0 bridgehead atoms. The first-order valence-corrected chi connectivity index (χ1v) is 4.81. The highest BCUT2D eigenvalue weighted by Gasteiger charge is 2.19. The van der Waals surface area contributed by atoms with Crippen molar-refractivity contribution >= 4 is 17.3 Å². The van der Waals surface area contributed by atoms with E-state index in [-0.39, 0.29) is 0 Å². The van der Waals surface area contributed by atoms with Gasteiger partial charge in [-0.3, -0.25) is 0 Å². The molecule has 3 nitrogen and oxygen atoms in total. The van der Waals surface area contributed by atoms with Crippen molar-refractivity contribution in [2.75, 3.05) is 19.7 Å². The van der Waals surface area contributed by atoms with Crippen molar-refractivity contribution in [3.63, 3.8) is 0 Å². The van der Waals surface area contributed by atoms with Crippen LogP contribution in [0.25, 0.3) is 0 Å². The summed E-state index contributed by atoms with van der Waals surface area (Å²) in [4.78, 5) is 2.03. The highest BCUT2D eigenvalue weighted by atomic mass is 32.1. The Balaban J connectivity index is 2.25. The van der Waals surface area contributed by atoms with Gasteiger partial charge in [0, 0.05) is 19.7 Å². The molecule has 0 aromatic heterocycles. The predicted octanol–water partition coefficient (Wildman–Crippen LogP) is 0.731. The van der Waals surface area contributed by atoms with Gasteiger partial charge in [0.1, 0.15) is 0 Å². The first kappa shape index (κ1) is 9.74. The van der Waals surface area contributed by atoms with Crippen molar-refractivity contribution in [3.8, 4) is 0 Å². The van der Waals surface area contributed by atoms with Gasteiger partial charge >= 0.3 is 0 Å². The van der Waals surface area contributed by atoms with Crippen molar-refractivity contribution in [2.24, 2.45) is 5.73 Å². The van der Waals surface area contributed by atoms with Gasteiger partial charge in [-0.25, -0.2) is 0 Å². The van der Waals surface area contributed by atoms with Crippen LogP contribution >= 0.6 is 12.2 Å². The molecule has 1 heterocycles. The molecule has 1 aliphatic heterocycles. The molecule has 0 radical (unpaired) electrons. The third-order valence-corrected chi connectivity index (χ3v) is 2.41. The summed E-state index contributed by atoms with van der Waals surface area (Å²) < 4.78 is 5.50. The first-order chi connectivity index (χ1) is 5.74. The van der Waals surface area contributed by atoms with Crippen LogP contribution in [0.5, 0.6) is 0 Å². The van der Waals surface area contributed by atoms with E-state index in [1.54, 1.807) is 0 Å². The Bertz CT molecular complexity index is 155. The number of ether oxygens (including phenoxy) is 1. The number of piperidine rings is 1. The van der Waals surface area contributed by atoms with E-state index in [1.165, 1.54) is 0 Å². The number of hydrogen-bond acceptors (Lipinski definition) is 2. The van der Waals surface area contributed by atoms with E-state index in [9.17, 15) is 0 Å². The van der Waals surface area contributed by atoms with Crippen LogP contribution in [0.15, 0.2) is 0 Å². The second-order valence-electron chi connectivity index (χ2n) is 2.98. The smallest absolute Gasteiger partial charge is 0.166 e. The molecule has 1 rings (SSSR count). The van der Waals surface area contributed by atoms with Gasteiger partial charge in [0.2, 0.25) is 0 Å². The minimum absolute atomic E-state index is 0.417. The molecule has 4 heteroatoms. The summed E-state index contributed by atoms with van der Waals surface area (Å²) in [5.41, 5.74) is 5.50. The fourth-order valence-electron chi connectivity index (χ4n) is 1.48. The SMILES string of the molecule is CCOC1CCN(C(N)=S)CC1. The third-order valence-electron chi connectivity index (χ3n) is 2.16. The largest absolute Gasteiger partial charge is 0.378 e. The maximum Gasteiger partial charge on any atom is 0.166 e. The zero-order valence-electron chi connectivity index (χ0n) is 7.45. The molecular weight excluding hydrogens is 172 g/mol. The van der Waals surface area contributed by atoms with Crippen LogP contribution in [0.4, 0.5) is 0 Å². The lowest BCUT2D eigenvalue weighted by Gasteiger charge is -2.31. The summed E-state index contributed by atoms with van der Waals surface area (Å²) in [6, 6.07) is 0. The maximum absolute atomic E-state index is 5.50. The monoisotopic (exact) mass is 188 g/mol. The Morgan fingerprint density at radius 3 is 2.58 bits per heavy atom. The second kappa shape index (κ2) is 4.62. The molecule has 0 aliphatic carbocycles. The summed E-state index contributed by atoms with van der Waals surface area (Å²) in [7, 11) is 0. The molecule has 1 fully saturated rings. The van der Waals surface area contributed by atoms with Crippen LogP contribution in [0, 0.1) is 0 Å². The van der Waals surface area contributed by atoms with Gasteiger partial charge in [0.25, 0.3) is 0 Å². The zero-order valence-corrected chi connectivity index (χ0v) is 8.27. The molecule has 0 spiro atoms. The Morgan fingerprint density at radius 1 is 1.58 bits per heavy atom. The number of rotatable bonds is 2. The molecule has 0 aromatic rings. The van der Waals surface area contributed by atoms with E-state index in [0.29, 0.717) is 11.2 Å². The lowest BCUT2D eigenvalue weighted by Crippen LogP contribution is -2.43. The van der Waals surface area contributed by atoms with Crippen LogP contribution in [0.1, 0.15) is 19.8 Å². The van der Waals surface area contributed by atoms with Crippen LogP contribution in [0.3, 0.4) is 0 Å². The molecule has 0 saturated carbocycles. The van der Waals surface area contributed by atoms with E-state index < -0.39 is 0 Å². The lowest BCUT2D eigenvalue weighted by molar-refractivity contribution is 0.0271. The van der Waals surface area contributed by atoms with Crippen molar-refractivity contribution in [1.82, 2.24) is 4.90 Å². The van der Waals surface area contributed by atoms with E-state index in [1.807, 2.05) is 11.8 Å². The number of nitrogens with zero attached hydrogens (tertiary/aromatic N) is 1. The Hall–Kier alpha value is -0.350. The normalized spacial score (nSPS) is 19.6. The molecule has 70 valence electrons.